The highest BCUT2D eigenvalue weighted by atomic mass is 35.5. The van der Waals surface area contributed by atoms with E-state index in [0.29, 0.717) is 6.10 Å². The molecule has 2 fully saturated rings. The Hall–Kier alpha value is -1.17. The first kappa shape index (κ1) is 16.3. The third-order valence-corrected chi connectivity index (χ3v) is 6.26. The van der Waals surface area contributed by atoms with Crippen molar-refractivity contribution in [2.75, 3.05) is 24.6 Å². The molecule has 2 aliphatic rings. The quantitative estimate of drug-likeness (QED) is 0.816. The van der Waals surface area contributed by atoms with Gasteiger partial charge in [0.1, 0.15) is 5.01 Å². The average Bonchev–Trinajstić information content (AvgIpc) is 3.29. The summed E-state index contributed by atoms with van der Waals surface area (Å²) in [4.78, 5) is 2.38. The van der Waals surface area contributed by atoms with Crippen molar-refractivity contribution in [2.24, 2.45) is 5.92 Å². The Balaban J connectivity index is 1.34. The van der Waals surface area contributed by atoms with E-state index in [1.165, 1.54) is 31.2 Å². The fourth-order valence-corrected chi connectivity index (χ4v) is 4.71. The molecule has 24 heavy (non-hydrogen) atoms. The fourth-order valence-electron chi connectivity index (χ4n) is 3.66. The van der Waals surface area contributed by atoms with Crippen molar-refractivity contribution in [2.45, 2.75) is 38.2 Å². The van der Waals surface area contributed by atoms with Gasteiger partial charge >= 0.3 is 0 Å². The molecule has 0 spiro atoms. The van der Waals surface area contributed by atoms with E-state index in [1.54, 1.807) is 11.3 Å². The molecule has 4 rings (SSSR count). The number of anilines is 1. The van der Waals surface area contributed by atoms with Crippen molar-refractivity contribution in [3.8, 4) is 0 Å². The SMILES string of the molecule is Clc1ccc(Cc2nnc(N3CCC(C4CCCO4)CC3)s2)cc1. The molecule has 1 aromatic heterocycles. The minimum absolute atomic E-state index is 0.502. The summed E-state index contributed by atoms with van der Waals surface area (Å²) in [5.74, 6) is 0.727. The van der Waals surface area contributed by atoms with Gasteiger partial charge in [-0.05, 0) is 49.3 Å². The zero-order valence-electron chi connectivity index (χ0n) is 13.7. The molecular weight excluding hydrogens is 342 g/mol. The van der Waals surface area contributed by atoms with Crippen LogP contribution in [0.2, 0.25) is 5.02 Å². The summed E-state index contributed by atoms with van der Waals surface area (Å²) in [6.45, 7) is 3.09. The molecule has 2 aliphatic heterocycles. The summed E-state index contributed by atoms with van der Waals surface area (Å²) in [6.07, 6.45) is 6.21. The number of benzene rings is 1. The molecule has 1 unspecified atom stereocenters. The Morgan fingerprint density at radius 3 is 2.62 bits per heavy atom. The summed E-state index contributed by atoms with van der Waals surface area (Å²) in [5, 5.41) is 11.7. The van der Waals surface area contributed by atoms with Crippen LogP contribution >= 0.6 is 22.9 Å². The maximum Gasteiger partial charge on any atom is 0.208 e. The number of nitrogens with zero attached hydrogens (tertiary/aromatic N) is 3. The molecule has 0 amide bonds. The summed E-state index contributed by atoms with van der Waals surface area (Å²) in [7, 11) is 0. The first-order valence-corrected chi connectivity index (χ1v) is 9.91. The van der Waals surface area contributed by atoms with E-state index < -0.39 is 0 Å². The van der Waals surface area contributed by atoms with Crippen molar-refractivity contribution in [1.82, 2.24) is 10.2 Å². The van der Waals surface area contributed by atoms with E-state index in [1.807, 2.05) is 12.1 Å². The first-order valence-electron chi connectivity index (χ1n) is 8.71. The highest BCUT2D eigenvalue weighted by molar-refractivity contribution is 7.15. The van der Waals surface area contributed by atoms with E-state index in [9.17, 15) is 0 Å². The predicted molar refractivity (Wildman–Crippen MR) is 98.1 cm³/mol. The lowest BCUT2D eigenvalue weighted by molar-refractivity contribution is 0.0531. The Bertz CT molecular complexity index is 661. The van der Waals surface area contributed by atoms with Gasteiger partial charge in [-0.2, -0.15) is 0 Å². The summed E-state index contributed by atoms with van der Waals surface area (Å²) in [6, 6.07) is 7.95. The molecule has 0 saturated carbocycles. The fraction of sp³-hybridized carbons (Fsp3) is 0.556. The maximum atomic E-state index is 5.94. The number of ether oxygens (including phenoxy) is 1. The highest BCUT2D eigenvalue weighted by Gasteiger charge is 2.30. The van der Waals surface area contributed by atoms with Crippen molar-refractivity contribution in [1.29, 1.82) is 0 Å². The van der Waals surface area contributed by atoms with Crippen LogP contribution < -0.4 is 4.90 Å². The largest absolute Gasteiger partial charge is 0.378 e. The standard InChI is InChI=1S/C18H22ClN3OS/c19-15-5-3-13(4-6-15)12-17-20-21-18(24-17)22-9-7-14(8-10-22)16-2-1-11-23-16/h3-6,14,16H,1-2,7-12H2. The Kier molecular flexibility index (Phi) is 5.01. The third kappa shape index (κ3) is 3.73. The smallest absolute Gasteiger partial charge is 0.208 e. The van der Waals surface area contributed by atoms with Crippen LogP contribution in [-0.2, 0) is 11.2 Å². The van der Waals surface area contributed by atoms with Crippen LogP contribution in [0.4, 0.5) is 5.13 Å². The maximum absolute atomic E-state index is 5.94. The van der Waals surface area contributed by atoms with Gasteiger partial charge in [-0.1, -0.05) is 35.1 Å². The van der Waals surface area contributed by atoms with Crippen LogP contribution in [-0.4, -0.2) is 36.0 Å². The Labute approximate surface area is 151 Å². The van der Waals surface area contributed by atoms with Crippen molar-refractivity contribution >= 4 is 28.1 Å². The Morgan fingerprint density at radius 1 is 1.12 bits per heavy atom. The lowest BCUT2D eigenvalue weighted by Gasteiger charge is -2.33. The van der Waals surface area contributed by atoms with Gasteiger partial charge in [0.05, 0.1) is 6.10 Å². The van der Waals surface area contributed by atoms with Gasteiger partial charge in [-0.15, -0.1) is 10.2 Å². The second kappa shape index (κ2) is 7.38. The molecule has 1 aromatic carbocycles. The second-order valence-electron chi connectivity index (χ2n) is 6.66. The van der Waals surface area contributed by atoms with E-state index in [2.05, 4.69) is 27.2 Å². The molecule has 128 valence electrons. The molecule has 1 atom stereocenters. The van der Waals surface area contributed by atoms with Gasteiger partial charge in [0.15, 0.2) is 0 Å². The van der Waals surface area contributed by atoms with Gasteiger partial charge in [0, 0.05) is 31.1 Å². The molecular formula is C18H22ClN3OS. The third-order valence-electron chi connectivity index (χ3n) is 5.03. The molecule has 0 radical (unpaired) electrons. The van der Waals surface area contributed by atoms with Gasteiger partial charge in [-0.3, -0.25) is 0 Å². The van der Waals surface area contributed by atoms with Crippen LogP contribution in [0.5, 0.6) is 0 Å². The summed E-state index contributed by atoms with van der Waals surface area (Å²) < 4.78 is 5.86. The van der Waals surface area contributed by atoms with Crippen molar-refractivity contribution < 1.29 is 4.74 Å². The van der Waals surface area contributed by atoms with Crippen LogP contribution in [0.1, 0.15) is 36.3 Å². The molecule has 0 bridgehead atoms. The number of hydrogen-bond donors (Lipinski definition) is 0. The molecule has 2 saturated heterocycles. The zero-order valence-corrected chi connectivity index (χ0v) is 15.2. The van der Waals surface area contributed by atoms with Crippen LogP contribution in [0, 0.1) is 5.92 Å². The van der Waals surface area contributed by atoms with Crippen LogP contribution in [0.25, 0.3) is 0 Å². The molecule has 2 aromatic rings. The lowest BCUT2D eigenvalue weighted by atomic mass is 9.90. The van der Waals surface area contributed by atoms with Crippen LogP contribution in [0.3, 0.4) is 0 Å². The van der Waals surface area contributed by atoms with Crippen LogP contribution in [0.15, 0.2) is 24.3 Å². The monoisotopic (exact) mass is 363 g/mol. The van der Waals surface area contributed by atoms with Gasteiger partial charge in [0.25, 0.3) is 0 Å². The lowest BCUT2D eigenvalue weighted by Crippen LogP contribution is -2.37. The highest BCUT2D eigenvalue weighted by Crippen LogP contribution is 2.32. The molecule has 4 nitrogen and oxygen atoms in total. The number of piperidine rings is 1. The first-order chi connectivity index (χ1) is 11.8. The average molecular weight is 364 g/mol. The minimum Gasteiger partial charge on any atom is -0.378 e. The topological polar surface area (TPSA) is 38.2 Å². The number of halogens is 1. The summed E-state index contributed by atoms with van der Waals surface area (Å²) >= 11 is 7.65. The molecule has 3 heterocycles. The Morgan fingerprint density at radius 2 is 1.92 bits per heavy atom. The summed E-state index contributed by atoms with van der Waals surface area (Å²) in [5.41, 5.74) is 1.22. The van der Waals surface area contributed by atoms with Gasteiger partial charge < -0.3 is 9.64 Å². The second-order valence-corrected chi connectivity index (χ2v) is 8.13. The predicted octanol–water partition coefficient (Wildman–Crippen LogP) is 4.18. The van der Waals surface area contributed by atoms with Crippen molar-refractivity contribution in [3.05, 3.63) is 39.9 Å². The normalized spacial score (nSPS) is 22.2. The number of aromatic nitrogens is 2. The number of rotatable bonds is 4. The van der Waals surface area contributed by atoms with E-state index in [0.717, 1.165) is 47.2 Å². The van der Waals surface area contributed by atoms with E-state index >= 15 is 0 Å². The van der Waals surface area contributed by atoms with E-state index in [-0.39, 0.29) is 0 Å². The van der Waals surface area contributed by atoms with Gasteiger partial charge in [0.2, 0.25) is 5.13 Å². The van der Waals surface area contributed by atoms with Crippen molar-refractivity contribution in [3.63, 3.8) is 0 Å². The number of hydrogen-bond acceptors (Lipinski definition) is 5. The molecule has 0 aliphatic carbocycles. The van der Waals surface area contributed by atoms with E-state index in [4.69, 9.17) is 16.3 Å². The zero-order chi connectivity index (χ0) is 16.4. The van der Waals surface area contributed by atoms with Gasteiger partial charge in [-0.25, -0.2) is 0 Å². The molecule has 6 heteroatoms. The minimum atomic E-state index is 0.502. The molecule has 0 N–H and O–H groups in total.